The van der Waals surface area contributed by atoms with E-state index in [2.05, 4.69) is 41.0 Å². The van der Waals surface area contributed by atoms with Gasteiger partial charge in [-0.05, 0) is 48.9 Å². The minimum atomic E-state index is -0.0515. The highest BCUT2D eigenvalue weighted by Crippen LogP contribution is 2.55. The van der Waals surface area contributed by atoms with E-state index in [0.29, 0.717) is 6.42 Å². The summed E-state index contributed by atoms with van der Waals surface area (Å²) in [5, 5.41) is 0. The number of hydrogen-bond acceptors (Lipinski definition) is 3. The minimum Gasteiger partial charge on any atom is -0.497 e. The Kier molecular flexibility index (Phi) is 6.13. The van der Waals surface area contributed by atoms with Crippen molar-refractivity contribution < 1.29 is 14.3 Å². The lowest BCUT2D eigenvalue weighted by Crippen LogP contribution is -2.62. The van der Waals surface area contributed by atoms with Crippen LogP contribution in [-0.4, -0.2) is 52.9 Å². The highest BCUT2D eigenvalue weighted by molar-refractivity contribution is 5.81. The van der Waals surface area contributed by atoms with Crippen molar-refractivity contribution >= 4 is 11.8 Å². The molecule has 3 fully saturated rings. The Morgan fingerprint density at radius 1 is 0.971 bits per heavy atom. The molecular formula is C29H36N2O3. The van der Waals surface area contributed by atoms with Crippen molar-refractivity contribution in [2.45, 2.75) is 83.0 Å². The predicted octanol–water partition coefficient (Wildman–Crippen LogP) is 4.63. The molecule has 5 rings (SSSR count). The van der Waals surface area contributed by atoms with E-state index >= 15 is 0 Å². The molecule has 2 saturated heterocycles. The highest BCUT2D eigenvalue weighted by Gasteiger charge is 2.63. The molecule has 1 saturated carbocycles. The van der Waals surface area contributed by atoms with E-state index in [0.717, 1.165) is 49.8 Å². The highest BCUT2D eigenvalue weighted by atomic mass is 16.5. The lowest BCUT2D eigenvalue weighted by Gasteiger charge is -2.51. The number of piperidine rings is 1. The standard InChI is InChI=1S/C29H36N2O3/c1-20(32)30-25-19-29(2)26(30)14-7-8-15-27(29)31(24(25)17-21-10-5-4-6-11-21)28(33)18-22-12-9-13-23(16-22)34-3/h4-6,9-13,16,24-27H,7-8,14-15,17-19H2,1-3H3/t24-,25+,26+,27-,29+/m1/s1. The molecule has 5 nitrogen and oxygen atoms in total. The first-order chi connectivity index (χ1) is 16.4. The molecule has 34 heavy (non-hydrogen) atoms. The Hall–Kier alpha value is -2.82. The van der Waals surface area contributed by atoms with E-state index in [4.69, 9.17) is 4.74 Å². The van der Waals surface area contributed by atoms with Gasteiger partial charge in [0.15, 0.2) is 0 Å². The van der Waals surface area contributed by atoms with Crippen LogP contribution < -0.4 is 4.74 Å². The zero-order valence-corrected chi connectivity index (χ0v) is 20.6. The van der Waals surface area contributed by atoms with Gasteiger partial charge in [-0.1, -0.05) is 62.2 Å². The zero-order valence-electron chi connectivity index (χ0n) is 20.6. The van der Waals surface area contributed by atoms with Crippen molar-refractivity contribution in [1.29, 1.82) is 0 Å². The summed E-state index contributed by atoms with van der Waals surface area (Å²) in [4.78, 5) is 31.5. The van der Waals surface area contributed by atoms with Crippen molar-refractivity contribution in [3.63, 3.8) is 0 Å². The van der Waals surface area contributed by atoms with E-state index < -0.39 is 0 Å². The van der Waals surface area contributed by atoms with Gasteiger partial charge in [-0.2, -0.15) is 0 Å². The lowest BCUT2D eigenvalue weighted by atomic mass is 9.69. The topological polar surface area (TPSA) is 49.9 Å². The van der Waals surface area contributed by atoms with Crippen molar-refractivity contribution in [2.24, 2.45) is 5.41 Å². The number of ether oxygens (including phenoxy) is 1. The van der Waals surface area contributed by atoms with Gasteiger partial charge in [0.1, 0.15) is 5.75 Å². The van der Waals surface area contributed by atoms with Crippen LogP contribution in [0.5, 0.6) is 5.75 Å². The molecule has 5 atom stereocenters. The summed E-state index contributed by atoms with van der Waals surface area (Å²) in [6.45, 7) is 4.06. The fraction of sp³-hybridized carbons (Fsp3) is 0.517. The molecule has 2 heterocycles. The number of likely N-dealkylation sites (tertiary alicyclic amines) is 2. The first kappa shape index (κ1) is 22.9. The van der Waals surface area contributed by atoms with E-state index in [9.17, 15) is 9.59 Å². The molecule has 2 amide bonds. The smallest absolute Gasteiger partial charge is 0.227 e. The number of nitrogens with zero attached hydrogens (tertiary/aromatic N) is 2. The van der Waals surface area contributed by atoms with Crippen LogP contribution in [0.2, 0.25) is 0 Å². The molecule has 5 heteroatoms. The van der Waals surface area contributed by atoms with Crippen LogP contribution >= 0.6 is 0 Å². The van der Waals surface area contributed by atoms with Crippen LogP contribution in [0, 0.1) is 5.41 Å². The normalized spacial score (nSPS) is 30.1. The number of hydrogen-bond donors (Lipinski definition) is 0. The van der Waals surface area contributed by atoms with Gasteiger partial charge < -0.3 is 14.5 Å². The Morgan fingerprint density at radius 2 is 1.65 bits per heavy atom. The molecule has 2 bridgehead atoms. The number of fused-ring (bicyclic) bond motifs is 1. The summed E-state index contributed by atoms with van der Waals surface area (Å²) in [5.41, 5.74) is 2.14. The van der Waals surface area contributed by atoms with Gasteiger partial charge in [-0.15, -0.1) is 0 Å². The molecule has 0 radical (unpaired) electrons. The van der Waals surface area contributed by atoms with Crippen molar-refractivity contribution in [3.05, 3.63) is 65.7 Å². The average molecular weight is 461 g/mol. The van der Waals surface area contributed by atoms with Gasteiger partial charge >= 0.3 is 0 Å². The monoisotopic (exact) mass is 460 g/mol. The average Bonchev–Trinajstić information content (AvgIpc) is 2.99. The zero-order chi connectivity index (χ0) is 23.9. The Bertz CT molecular complexity index is 1050. The number of rotatable bonds is 5. The number of carbonyl (C=O) groups excluding carboxylic acids is 2. The van der Waals surface area contributed by atoms with Crippen molar-refractivity contribution in [1.82, 2.24) is 9.80 Å². The number of methoxy groups -OCH3 is 1. The molecule has 3 aliphatic rings. The molecule has 2 aromatic carbocycles. The number of amides is 2. The maximum Gasteiger partial charge on any atom is 0.227 e. The molecule has 0 spiro atoms. The van der Waals surface area contributed by atoms with Crippen molar-refractivity contribution in [2.75, 3.05) is 7.11 Å². The third-order valence-electron chi connectivity index (χ3n) is 8.64. The van der Waals surface area contributed by atoms with Crippen LogP contribution in [0.25, 0.3) is 0 Å². The van der Waals surface area contributed by atoms with Crippen LogP contribution in [0.3, 0.4) is 0 Å². The third kappa shape index (κ3) is 3.89. The fourth-order valence-corrected chi connectivity index (χ4v) is 7.21. The Balaban J connectivity index is 1.56. The summed E-state index contributed by atoms with van der Waals surface area (Å²) in [7, 11) is 1.65. The fourth-order valence-electron chi connectivity index (χ4n) is 7.21. The minimum absolute atomic E-state index is 0.00872. The Labute approximate surface area is 203 Å². The van der Waals surface area contributed by atoms with Gasteiger partial charge in [0.25, 0.3) is 0 Å². The van der Waals surface area contributed by atoms with Crippen LogP contribution in [-0.2, 0) is 22.4 Å². The van der Waals surface area contributed by atoms with Crippen molar-refractivity contribution in [3.8, 4) is 5.75 Å². The summed E-state index contributed by atoms with van der Waals surface area (Å²) < 4.78 is 5.40. The van der Waals surface area contributed by atoms with Gasteiger partial charge in [0, 0.05) is 24.4 Å². The molecule has 2 aromatic rings. The predicted molar refractivity (Wildman–Crippen MR) is 133 cm³/mol. The second-order valence-corrected chi connectivity index (χ2v) is 10.6. The summed E-state index contributed by atoms with van der Waals surface area (Å²) >= 11 is 0. The van der Waals surface area contributed by atoms with E-state index in [1.54, 1.807) is 14.0 Å². The third-order valence-corrected chi connectivity index (χ3v) is 8.64. The van der Waals surface area contributed by atoms with Crippen LogP contribution in [0.4, 0.5) is 0 Å². The van der Waals surface area contributed by atoms with Gasteiger partial charge in [0.2, 0.25) is 11.8 Å². The molecule has 0 unspecified atom stereocenters. The molecule has 2 aliphatic heterocycles. The summed E-state index contributed by atoms with van der Waals surface area (Å²) in [6, 6.07) is 18.7. The van der Waals surface area contributed by atoms with Crippen LogP contribution in [0.1, 0.15) is 57.1 Å². The second-order valence-electron chi connectivity index (χ2n) is 10.6. The van der Waals surface area contributed by atoms with Gasteiger partial charge in [0.05, 0.1) is 25.6 Å². The molecule has 0 aromatic heterocycles. The first-order valence-corrected chi connectivity index (χ1v) is 12.7. The largest absolute Gasteiger partial charge is 0.497 e. The quantitative estimate of drug-likeness (QED) is 0.654. The Morgan fingerprint density at radius 3 is 2.32 bits per heavy atom. The molecular weight excluding hydrogens is 424 g/mol. The van der Waals surface area contributed by atoms with Gasteiger partial charge in [-0.3, -0.25) is 9.59 Å². The first-order valence-electron chi connectivity index (χ1n) is 12.7. The number of benzene rings is 2. The maximum atomic E-state index is 14.1. The summed E-state index contributed by atoms with van der Waals surface area (Å²) in [6.07, 6.45) is 6.40. The molecule has 180 valence electrons. The second kappa shape index (κ2) is 9.09. The summed E-state index contributed by atoms with van der Waals surface area (Å²) in [5.74, 6) is 1.09. The van der Waals surface area contributed by atoms with E-state index in [1.807, 2.05) is 30.3 Å². The van der Waals surface area contributed by atoms with E-state index in [1.165, 1.54) is 5.56 Å². The van der Waals surface area contributed by atoms with E-state index in [-0.39, 0.29) is 41.4 Å². The van der Waals surface area contributed by atoms with Crippen LogP contribution in [0.15, 0.2) is 54.6 Å². The maximum absolute atomic E-state index is 14.1. The molecule has 0 N–H and O–H groups in total. The SMILES string of the molecule is COc1cccc(CC(=O)N2[C@H](Cc3ccccc3)[C@@H]3C[C@@]4(C)[C@H](CCCC[C@@H]24)N3C(C)=O)c1. The molecule has 1 aliphatic carbocycles. The van der Waals surface area contributed by atoms with Gasteiger partial charge in [-0.25, -0.2) is 0 Å². The number of carbonyl (C=O) groups is 2. The lowest BCUT2D eigenvalue weighted by molar-refractivity contribution is -0.144.